The lowest BCUT2D eigenvalue weighted by Crippen LogP contribution is -2.16. The molecule has 3 N–H and O–H groups in total. The van der Waals surface area contributed by atoms with Gasteiger partial charge in [-0.25, -0.2) is 0 Å². The molecule has 0 atom stereocenters. The first-order valence-electron chi connectivity index (χ1n) is 9.02. The summed E-state index contributed by atoms with van der Waals surface area (Å²) in [6, 6.07) is 14.8. The lowest BCUT2D eigenvalue weighted by molar-refractivity contribution is -0.144. The molecule has 0 saturated heterocycles. The van der Waals surface area contributed by atoms with Crippen LogP contribution in [0, 0.1) is 0 Å². The van der Waals surface area contributed by atoms with E-state index in [1.165, 1.54) is 0 Å². The number of nitrogens with two attached hydrogens (primary N) is 1. The Morgan fingerprint density at radius 3 is 2.66 bits per heavy atom. The number of nitrogen functional groups attached to an aromatic ring is 1. The van der Waals surface area contributed by atoms with E-state index >= 15 is 0 Å². The lowest BCUT2D eigenvalue weighted by Gasteiger charge is -2.18. The van der Waals surface area contributed by atoms with E-state index in [4.69, 9.17) is 19.9 Å². The molecule has 4 rings (SSSR count). The third kappa shape index (κ3) is 4.89. The highest BCUT2D eigenvalue weighted by Crippen LogP contribution is 2.30. The van der Waals surface area contributed by atoms with Gasteiger partial charge in [0.2, 0.25) is 11.9 Å². The molecule has 0 aliphatic carbocycles. The van der Waals surface area contributed by atoms with Crippen LogP contribution >= 0.6 is 0 Å². The Kier molecular flexibility index (Phi) is 5.37. The van der Waals surface area contributed by atoms with Gasteiger partial charge >= 0.3 is 5.97 Å². The summed E-state index contributed by atoms with van der Waals surface area (Å²) in [7, 11) is 0. The minimum absolute atomic E-state index is 0.0383. The van der Waals surface area contributed by atoms with Crippen LogP contribution < -0.4 is 20.5 Å². The van der Waals surface area contributed by atoms with Crippen LogP contribution in [-0.2, 0) is 22.6 Å². The molecular formula is C20H19N5O4. The van der Waals surface area contributed by atoms with E-state index in [9.17, 15) is 4.79 Å². The van der Waals surface area contributed by atoms with E-state index < -0.39 is 5.97 Å². The van der Waals surface area contributed by atoms with Crippen molar-refractivity contribution in [2.24, 2.45) is 0 Å². The van der Waals surface area contributed by atoms with E-state index in [0.717, 1.165) is 11.3 Å². The van der Waals surface area contributed by atoms with Crippen molar-refractivity contribution in [3.8, 4) is 11.5 Å². The number of carbonyl (C=O) groups excluding carboxylic acids is 1. The molecule has 0 fully saturated rings. The topological polar surface area (TPSA) is 121 Å². The van der Waals surface area contributed by atoms with Crippen molar-refractivity contribution in [2.75, 3.05) is 24.3 Å². The molecule has 2 aromatic carbocycles. The van der Waals surface area contributed by atoms with Gasteiger partial charge in [0.25, 0.3) is 0 Å². The van der Waals surface area contributed by atoms with Crippen molar-refractivity contribution in [1.29, 1.82) is 0 Å². The molecule has 9 nitrogen and oxygen atoms in total. The Morgan fingerprint density at radius 1 is 1.03 bits per heavy atom. The molecule has 1 aliphatic rings. The van der Waals surface area contributed by atoms with Crippen molar-refractivity contribution in [3.05, 3.63) is 59.9 Å². The maximum atomic E-state index is 12.2. The standard InChI is InChI=1S/C20H19N5O4/c21-19-23-17(24-20(25-19)22-14-4-2-1-3-5-14)12-29-18(26)11-13-6-7-15-16(10-13)28-9-8-27-15/h1-7,10H,8-9,11-12H2,(H3,21,22,23,24,25). The predicted molar refractivity (Wildman–Crippen MR) is 105 cm³/mol. The summed E-state index contributed by atoms with van der Waals surface area (Å²) < 4.78 is 16.3. The summed E-state index contributed by atoms with van der Waals surface area (Å²) in [5.74, 6) is 1.46. The summed E-state index contributed by atoms with van der Waals surface area (Å²) >= 11 is 0. The van der Waals surface area contributed by atoms with Crippen LogP contribution in [0.15, 0.2) is 48.5 Å². The van der Waals surface area contributed by atoms with Crippen molar-refractivity contribution in [2.45, 2.75) is 13.0 Å². The molecule has 0 spiro atoms. The Balaban J connectivity index is 1.36. The number of nitrogens with zero attached hydrogens (tertiary/aromatic N) is 3. The van der Waals surface area contributed by atoms with Crippen LogP contribution in [0.25, 0.3) is 0 Å². The van der Waals surface area contributed by atoms with Crippen molar-refractivity contribution in [1.82, 2.24) is 15.0 Å². The van der Waals surface area contributed by atoms with Gasteiger partial charge in [-0.1, -0.05) is 24.3 Å². The molecule has 0 amide bonds. The van der Waals surface area contributed by atoms with Gasteiger partial charge in [-0.3, -0.25) is 4.79 Å². The predicted octanol–water partition coefficient (Wildman–Crippen LogP) is 2.25. The third-order valence-corrected chi connectivity index (χ3v) is 4.05. The van der Waals surface area contributed by atoms with Crippen molar-refractivity contribution in [3.63, 3.8) is 0 Å². The molecule has 0 radical (unpaired) electrons. The number of para-hydroxylation sites is 1. The quantitative estimate of drug-likeness (QED) is 0.607. The van der Waals surface area contributed by atoms with Crippen molar-refractivity contribution < 1.29 is 19.0 Å². The molecule has 3 aromatic rings. The van der Waals surface area contributed by atoms with Crippen LogP contribution in [0.4, 0.5) is 17.6 Å². The van der Waals surface area contributed by atoms with Gasteiger partial charge in [0, 0.05) is 5.69 Å². The highest BCUT2D eigenvalue weighted by Gasteiger charge is 2.14. The normalized spacial score (nSPS) is 12.3. The molecule has 1 aromatic heterocycles. The number of hydrogen-bond donors (Lipinski definition) is 2. The van der Waals surface area contributed by atoms with Crippen molar-refractivity contribution >= 4 is 23.6 Å². The number of aromatic nitrogens is 3. The maximum Gasteiger partial charge on any atom is 0.310 e. The number of nitrogens with one attached hydrogen (secondary N) is 1. The van der Waals surface area contributed by atoms with Crippen LogP contribution in [0.1, 0.15) is 11.4 Å². The van der Waals surface area contributed by atoms with Gasteiger partial charge in [0.15, 0.2) is 23.9 Å². The number of esters is 1. The average Bonchev–Trinajstić information content (AvgIpc) is 2.72. The second-order valence-electron chi connectivity index (χ2n) is 6.24. The first-order valence-corrected chi connectivity index (χ1v) is 9.02. The summed E-state index contributed by atoms with van der Waals surface area (Å²) in [5, 5.41) is 3.03. The number of fused-ring (bicyclic) bond motifs is 1. The number of benzene rings is 2. The molecule has 2 heterocycles. The minimum Gasteiger partial charge on any atom is -0.486 e. The molecule has 9 heteroatoms. The molecule has 0 bridgehead atoms. The number of carbonyl (C=O) groups is 1. The average molecular weight is 393 g/mol. The Labute approximate surface area is 166 Å². The van der Waals surface area contributed by atoms with Crippen LogP contribution in [-0.4, -0.2) is 34.1 Å². The first-order chi connectivity index (χ1) is 14.2. The molecular weight excluding hydrogens is 374 g/mol. The molecule has 0 unspecified atom stereocenters. The fraction of sp³-hybridized carbons (Fsp3) is 0.200. The van der Waals surface area contributed by atoms with Crippen LogP contribution in [0.5, 0.6) is 11.5 Å². The molecule has 1 aliphatic heterocycles. The minimum atomic E-state index is -0.418. The van der Waals surface area contributed by atoms with E-state index in [1.807, 2.05) is 30.3 Å². The fourth-order valence-corrected chi connectivity index (χ4v) is 2.77. The second-order valence-corrected chi connectivity index (χ2v) is 6.24. The largest absolute Gasteiger partial charge is 0.486 e. The highest BCUT2D eigenvalue weighted by molar-refractivity contribution is 5.73. The van der Waals surface area contributed by atoms with E-state index in [1.54, 1.807) is 18.2 Å². The summed E-state index contributed by atoms with van der Waals surface area (Å²) in [6.07, 6.45) is 0.0896. The van der Waals surface area contributed by atoms with Gasteiger partial charge in [0.05, 0.1) is 6.42 Å². The second kappa shape index (κ2) is 8.42. The number of hydrogen-bond acceptors (Lipinski definition) is 9. The monoisotopic (exact) mass is 393 g/mol. The van der Waals surface area contributed by atoms with E-state index in [-0.39, 0.29) is 30.7 Å². The molecule has 29 heavy (non-hydrogen) atoms. The van der Waals surface area contributed by atoms with Gasteiger partial charge in [-0.05, 0) is 29.8 Å². The fourth-order valence-electron chi connectivity index (χ4n) is 2.77. The summed E-state index contributed by atoms with van der Waals surface area (Å²) in [5.41, 5.74) is 7.31. The first kappa shape index (κ1) is 18.5. The number of ether oxygens (including phenoxy) is 3. The van der Waals surface area contributed by atoms with E-state index in [2.05, 4.69) is 20.3 Å². The smallest absolute Gasteiger partial charge is 0.310 e. The Morgan fingerprint density at radius 2 is 1.83 bits per heavy atom. The lowest BCUT2D eigenvalue weighted by atomic mass is 10.1. The zero-order valence-corrected chi connectivity index (χ0v) is 15.5. The highest BCUT2D eigenvalue weighted by atomic mass is 16.6. The summed E-state index contributed by atoms with van der Waals surface area (Å²) in [4.78, 5) is 24.5. The van der Waals surface area contributed by atoms with Gasteiger partial charge in [0.1, 0.15) is 13.2 Å². The number of anilines is 3. The maximum absolute atomic E-state index is 12.2. The van der Waals surface area contributed by atoms with Gasteiger partial charge in [-0.2, -0.15) is 15.0 Å². The van der Waals surface area contributed by atoms with Gasteiger partial charge < -0.3 is 25.3 Å². The van der Waals surface area contributed by atoms with Crippen LogP contribution in [0.2, 0.25) is 0 Å². The zero-order valence-electron chi connectivity index (χ0n) is 15.5. The third-order valence-electron chi connectivity index (χ3n) is 4.05. The van der Waals surface area contributed by atoms with Crippen LogP contribution in [0.3, 0.4) is 0 Å². The van der Waals surface area contributed by atoms with E-state index in [0.29, 0.717) is 24.7 Å². The van der Waals surface area contributed by atoms with Gasteiger partial charge in [-0.15, -0.1) is 0 Å². The Bertz CT molecular complexity index is 1010. The summed E-state index contributed by atoms with van der Waals surface area (Å²) in [6.45, 7) is 0.894. The molecule has 0 saturated carbocycles. The Hall–Kier alpha value is -3.88. The molecule has 148 valence electrons. The zero-order chi connectivity index (χ0) is 20.1. The SMILES string of the molecule is Nc1nc(COC(=O)Cc2ccc3c(c2)OCCO3)nc(Nc2ccccc2)n1. The number of rotatable bonds is 6.